The Balaban J connectivity index is 2.04. The third-order valence-electron chi connectivity index (χ3n) is 4.32. The highest BCUT2D eigenvalue weighted by Gasteiger charge is 2.29. The molecule has 0 radical (unpaired) electrons. The lowest BCUT2D eigenvalue weighted by atomic mass is 10.1. The highest BCUT2D eigenvalue weighted by molar-refractivity contribution is 5.83. The first-order valence-electron chi connectivity index (χ1n) is 7.01. The second-order valence-corrected chi connectivity index (χ2v) is 5.64. The van der Waals surface area contributed by atoms with E-state index < -0.39 is 0 Å². The number of hydrogen-bond acceptors (Lipinski definition) is 4. The summed E-state index contributed by atoms with van der Waals surface area (Å²) in [5.41, 5.74) is 1.47. The fraction of sp³-hybridized carbons (Fsp3) is 0.467. The number of rotatable bonds is 2. The predicted molar refractivity (Wildman–Crippen MR) is 79.5 cm³/mol. The van der Waals surface area contributed by atoms with Crippen LogP contribution in [0.15, 0.2) is 24.4 Å². The minimum atomic E-state index is 0.447. The third-order valence-corrected chi connectivity index (χ3v) is 4.32. The van der Waals surface area contributed by atoms with Gasteiger partial charge in [0.05, 0.1) is 0 Å². The molecule has 1 aliphatic heterocycles. The van der Waals surface area contributed by atoms with Crippen molar-refractivity contribution >= 4 is 17.8 Å². The predicted octanol–water partition coefficient (Wildman–Crippen LogP) is 1.68. The Morgan fingerprint density at radius 3 is 2.60 bits per heavy atom. The van der Waals surface area contributed by atoms with Gasteiger partial charge in [-0.2, -0.15) is 0 Å². The number of likely N-dealkylation sites (N-methyl/N-ethyl adjacent to an activating group) is 1. The number of imidazole rings is 1. The summed E-state index contributed by atoms with van der Waals surface area (Å²) >= 11 is 0. The summed E-state index contributed by atoms with van der Waals surface area (Å²) in [5.74, 6) is 0.804. The van der Waals surface area contributed by atoms with Crippen LogP contribution in [0.3, 0.4) is 0 Å². The van der Waals surface area contributed by atoms with Gasteiger partial charge in [0.2, 0.25) is 0 Å². The van der Waals surface area contributed by atoms with E-state index >= 15 is 0 Å². The van der Waals surface area contributed by atoms with Gasteiger partial charge in [-0.1, -0.05) is 6.07 Å². The SMILES string of the molecule is CC1CN(c2nc3ccccn3c2C=O)CC(C)N1C. The van der Waals surface area contributed by atoms with E-state index in [1.807, 2.05) is 28.8 Å². The monoisotopic (exact) mass is 272 g/mol. The molecule has 1 fully saturated rings. The highest BCUT2D eigenvalue weighted by atomic mass is 16.1. The molecule has 0 aliphatic carbocycles. The van der Waals surface area contributed by atoms with Crippen LogP contribution in [0, 0.1) is 0 Å². The Morgan fingerprint density at radius 2 is 1.95 bits per heavy atom. The molecule has 0 N–H and O–H groups in total. The number of fused-ring (bicyclic) bond motifs is 1. The van der Waals surface area contributed by atoms with E-state index in [9.17, 15) is 4.79 Å². The minimum Gasteiger partial charge on any atom is -0.352 e. The van der Waals surface area contributed by atoms with Crippen molar-refractivity contribution in [3.8, 4) is 0 Å². The van der Waals surface area contributed by atoms with Crippen LogP contribution in [0.4, 0.5) is 5.82 Å². The lowest BCUT2D eigenvalue weighted by molar-refractivity contribution is 0.111. The molecule has 0 aromatic carbocycles. The van der Waals surface area contributed by atoms with Crippen LogP contribution in [0.25, 0.3) is 5.65 Å². The number of carbonyl (C=O) groups excluding carboxylic acids is 1. The van der Waals surface area contributed by atoms with Gasteiger partial charge in [-0.15, -0.1) is 0 Å². The number of aldehydes is 1. The molecule has 3 heterocycles. The average Bonchev–Trinajstić information content (AvgIpc) is 2.82. The molecule has 106 valence electrons. The maximum absolute atomic E-state index is 11.5. The summed E-state index contributed by atoms with van der Waals surface area (Å²) in [6, 6.07) is 6.68. The third kappa shape index (κ3) is 1.98. The first-order chi connectivity index (χ1) is 9.61. The topological polar surface area (TPSA) is 40.9 Å². The summed E-state index contributed by atoms with van der Waals surface area (Å²) in [6.45, 7) is 6.20. The zero-order chi connectivity index (χ0) is 14.3. The van der Waals surface area contributed by atoms with E-state index in [0.717, 1.165) is 30.8 Å². The molecule has 1 aliphatic rings. The van der Waals surface area contributed by atoms with E-state index in [0.29, 0.717) is 17.8 Å². The molecule has 20 heavy (non-hydrogen) atoms. The fourth-order valence-electron chi connectivity index (χ4n) is 2.92. The maximum atomic E-state index is 11.5. The molecule has 0 bridgehead atoms. The molecule has 3 rings (SSSR count). The van der Waals surface area contributed by atoms with Crippen LogP contribution in [-0.4, -0.2) is 52.8 Å². The summed E-state index contributed by atoms with van der Waals surface area (Å²) < 4.78 is 1.86. The van der Waals surface area contributed by atoms with E-state index in [2.05, 4.69) is 35.7 Å². The highest BCUT2D eigenvalue weighted by Crippen LogP contribution is 2.24. The first-order valence-corrected chi connectivity index (χ1v) is 7.01. The van der Waals surface area contributed by atoms with Crippen LogP contribution in [-0.2, 0) is 0 Å². The molecule has 5 heteroatoms. The Labute approximate surface area is 118 Å². The van der Waals surface area contributed by atoms with Crippen molar-refractivity contribution in [1.82, 2.24) is 14.3 Å². The van der Waals surface area contributed by atoms with Crippen LogP contribution in [0.2, 0.25) is 0 Å². The lowest BCUT2D eigenvalue weighted by Gasteiger charge is -2.42. The average molecular weight is 272 g/mol. The maximum Gasteiger partial charge on any atom is 0.170 e. The van der Waals surface area contributed by atoms with Gasteiger partial charge in [-0.25, -0.2) is 4.98 Å². The number of anilines is 1. The molecule has 0 amide bonds. The molecule has 0 saturated carbocycles. The molecule has 2 unspecified atom stereocenters. The van der Waals surface area contributed by atoms with Gasteiger partial charge in [0.15, 0.2) is 12.1 Å². The van der Waals surface area contributed by atoms with Crippen molar-refractivity contribution in [2.45, 2.75) is 25.9 Å². The number of aromatic nitrogens is 2. The summed E-state index contributed by atoms with van der Waals surface area (Å²) in [7, 11) is 2.15. The molecule has 5 nitrogen and oxygen atoms in total. The zero-order valence-electron chi connectivity index (χ0n) is 12.2. The first kappa shape index (κ1) is 13.1. The minimum absolute atomic E-state index is 0.447. The van der Waals surface area contributed by atoms with Gasteiger partial charge in [0.1, 0.15) is 11.3 Å². The Bertz CT molecular complexity index is 624. The van der Waals surface area contributed by atoms with Crippen LogP contribution in [0.1, 0.15) is 24.3 Å². The van der Waals surface area contributed by atoms with Crippen molar-refractivity contribution in [2.24, 2.45) is 0 Å². The second-order valence-electron chi connectivity index (χ2n) is 5.64. The van der Waals surface area contributed by atoms with E-state index in [1.54, 1.807) is 0 Å². The van der Waals surface area contributed by atoms with Gasteiger partial charge < -0.3 is 4.90 Å². The molecule has 1 saturated heterocycles. The Kier molecular flexibility index (Phi) is 3.22. The normalized spacial score (nSPS) is 24.2. The van der Waals surface area contributed by atoms with E-state index in [-0.39, 0.29) is 0 Å². The zero-order valence-corrected chi connectivity index (χ0v) is 12.2. The van der Waals surface area contributed by atoms with E-state index in [1.165, 1.54) is 0 Å². The number of pyridine rings is 1. The summed E-state index contributed by atoms with van der Waals surface area (Å²) in [6.07, 6.45) is 2.79. The molecular formula is C15H20N4O. The summed E-state index contributed by atoms with van der Waals surface area (Å²) in [5, 5.41) is 0. The van der Waals surface area contributed by atoms with Crippen LogP contribution in [0.5, 0.6) is 0 Å². The van der Waals surface area contributed by atoms with Crippen molar-refractivity contribution in [3.05, 3.63) is 30.1 Å². The number of nitrogens with zero attached hydrogens (tertiary/aromatic N) is 4. The van der Waals surface area contributed by atoms with E-state index in [4.69, 9.17) is 0 Å². The van der Waals surface area contributed by atoms with Crippen molar-refractivity contribution < 1.29 is 4.79 Å². The lowest BCUT2D eigenvalue weighted by Crippen LogP contribution is -2.55. The quantitative estimate of drug-likeness (QED) is 0.780. The number of piperazine rings is 1. The summed E-state index contributed by atoms with van der Waals surface area (Å²) in [4.78, 5) is 20.7. The Morgan fingerprint density at radius 1 is 1.25 bits per heavy atom. The number of hydrogen-bond donors (Lipinski definition) is 0. The molecule has 2 aromatic rings. The fourth-order valence-corrected chi connectivity index (χ4v) is 2.92. The number of carbonyl (C=O) groups is 1. The Hall–Kier alpha value is -1.88. The van der Waals surface area contributed by atoms with Gasteiger partial charge in [0, 0.05) is 31.4 Å². The van der Waals surface area contributed by atoms with Gasteiger partial charge in [-0.05, 0) is 33.0 Å². The molecule has 2 atom stereocenters. The van der Waals surface area contributed by atoms with Crippen LogP contribution >= 0.6 is 0 Å². The van der Waals surface area contributed by atoms with Gasteiger partial charge in [0.25, 0.3) is 0 Å². The smallest absolute Gasteiger partial charge is 0.170 e. The molecule has 0 spiro atoms. The van der Waals surface area contributed by atoms with Crippen molar-refractivity contribution in [3.63, 3.8) is 0 Å². The molecular weight excluding hydrogens is 252 g/mol. The van der Waals surface area contributed by atoms with Crippen molar-refractivity contribution in [1.29, 1.82) is 0 Å². The van der Waals surface area contributed by atoms with Gasteiger partial charge >= 0.3 is 0 Å². The van der Waals surface area contributed by atoms with Gasteiger partial charge in [-0.3, -0.25) is 14.1 Å². The standard InChI is InChI=1S/C15H20N4O/c1-11-8-18(9-12(2)17(11)3)15-13(10-20)19-7-5-4-6-14(19)16-15/h4-7,10-12H,8-9H2,1-3H3. The second kappa shape index (κ2) is 4.90. The molecule has 2 aromatic heterocycles. The largest absolute Gasteiger partial charge is 0.352 e. The van der Waals surface area contributed by atoms with Crippen molar-refractivity contribution in [2.75, 3.05) is 25.0 Å². The van der Waals surface area contributed by atoms with Crippen LogP contribution < -0.4 is 4.90 Å².